The first-order valence-corrected chi connectivity index (χ1v) is 6.06. The Morgan fingerprint density at radius 2 is 1.71 bits per heavy atom. The molecular weight excluding hydrogens is 216 g/mol. The average Bonchev–Trinajstić information content (AvgIpc) is 2.32. The van der Waals surface area contributed by atoms with Crippen LogP contribution in [0.2, 0.25) is 0 Å². The zero-order valence-corrected chi connectivity index (χ0v) is 10.7. The summed E-state index contributed by atoms with van der Waals surface area (Å²) in [6.45, 7) is 6.54. The van der Waals surface area contributed by atoms with Crippen molar-refractivity contribution in [2.24, 2.45) is 0 Å². The first kappa shape index (κ1) is 14.2. The number of aliphatic hydroxyl groups is 1. The maximum Gasteiger partial charge on any atom is 0.0701 e. The summed E-state index contributed by atoms with van der Waals surface area (Å²) in [7, 11) is 0. The third-order valence-electron chi connectivity index (χ3n) is 2.63. The fourth-order valence-corrected chi connectivity index (χ4v) is 1.64. The molecule has 0 aliphatic heterocycles. The van der Waals surface area contributed by atoms with Crippen LogP contribution in [-0.2, 0) is 15.9 Å². The summed E-state index contributed by atoms with van der Waals surface area (Å²) in [6.07, 6.45) is 0.938. The molecule has 0 heterocycles. The van der Waals surface area contributed by atoms with Crippen LogP contribution in [0.3, 0.4) is 0 Å². The van der Waals surface area contributed by atoms with Gasteiger partial charge < -0.3 is 14.6 Å². The minimum atomic E-state index is 0.0719. The lowest BCUT2D eigenvalue weighted by Gasteiger charge is -2.08. The largest absolute Gasteiger partial charge is 0.394 e. The van der Waals surface area contributed by atoms with Crippen LogP contribution in [0, 0.1) is 13.8 Å². The monoisotopic (exact) mass is 238 g/mol. The van der Waals surface area contributed by atoms with Crippen LogP contribution in [0.1, 0.15) is 16.7 Å². The average molecular weight is 238 g/mol. The summed E-state index contributed by atoms with van der Waals surface area (Å²) in [6, 6.07) is 6.48. The molecule has 3 nitrogen and oxygen atoms in total. The van der Waals surface area contributed by atoms with Crippen molar-refractivity contribution in [1.29, 1.82) is 0 Å². The lowest BCUT2D eigenvalue weighted by atomic mass is 10.0. The van der Waals surface area contributed by atoms with Crippen LogP contribution in [0.5, 0.6) is 0 Å². The summed E-state index contributed by atoms with van der Waals surface area (Å²) in [5.74, 6) is 0. The number of hydrogen-bond donors (Lipinski definition) is 1. The van der Waals surface area contributed by atoms with Gasteiger partial charge in [-0.3, -0.25) is 0 Å². The van der Waals surface area contributed by atoms with E-state index in [1.807, 2.05) is 0 Å². The van der Waals surface area contributed by atoms with Gasteiger partial charge in [0.25, 0.3) is 0 Å². The topological polar surface area (TPSA) is 38.7 Å². The first-order chi connectivity index (χ1) is 8.24. The van der Waals surface area contributed by atoms with Gasteiger partial charge in [0.1, 0.15) is 0 Å². The van der Waals surface area contributed by atoms with Crippen LogP contribution in [0.25, 0.3) is 0 Å². The Bertz CT molecular complexity index is 323. The van der Waals surface area contributed by atoms with Gasteiger partial charge in [0, 0.05) is 0 Å². The summed E-state index contributed by atoms with van der Waals surface area (Å²) >= 11 is 0. The Morgan fingerprint density at radius 3 is 2.41 bits per heavy atom. The van der Waals surface area contributed by atoms with Crippen molar-refractivity contribution in [1.82, 2.24) is 0 Å². The highest BCUT2D eigenvalue weighted by molar-refractivity contribution is 5.30. The highest BCUT2D eigenvalue weighted by Gasteiger charge is 1.98. The fraction of sp³-hybridized carbons (Fsp3) is 0.571. The molecular formula is C14H22O3. The third kappa shape index (κ3) is 5.82. The molecule has 0 aliphatic carbocycles. The molecule has 0 radical (unpaired) electrons. The molecule has 0 bridgehead atoms. The van der Waals surface area contributed by atoms with Gasteiger partial charge in [-0.1, -0.05) is 23.8 Å². The molecule has 0 aromatic heterocycles. The van der Waals surface area contributed by atoms with E-state index in [0.717, 1.165) is 6.42 Å². The van der Waals surface area contributed by atoms with Gasteiger partial charge in [-0.05, 0) is 31.4 Å². The van der Waals surface area contributed by atoms with Crippen LogP contribution in [0.4, 0.5) is 0 Å². The predicted octanol–water partition coefficient (Wildman–Crippen LogP) is 1.87. The normalized spacial score (nSPS) is 10.8. The van der Waals surface area contributed by atoms with Crippen molar-refractivity contribution in [2.45, 2.75) is 20.3 Å². The van der Waals surface area contributed by atoms with Crippen molar-refractivity contribution in [3.63, 3.8) is 0 Å². The van der Waals surface area contributed by atoms with Crippen LogP contribution in [0.15, 0.2) is 18.2 Å². The lowest BCUT2D eigenvalue weighted by Crippen LogP contribution is -2.09. The predicted molar refractivity (Wildman–Crippen MR) is 68.3 cm³/mol. The van der Waals surface area contributed by atoms with E-state index in [1.54, 1.807) is 0 Å². The molecule has 1 aromatic rings. The zero-order chi connectivity index (χ0) is 12.5. The minimum absolute atomic E-state index is 0.0719. The summed E-state index contributed by atoms with van der Waals surface area (Å²) in [4.78, 5) is 0. The molecule has 0 aliphatic rings. The second-order valence-corrected chi connectivity index (χ2v) is 4.13. The van der Waals surface area contributed by atoms with Gasteiger partial charge in [-0.15, -0.1) is 0 Å². The van der Waals surface area contributed by atoms with Gasteiger partial charge in [0.15, 0.2) is 0 Å². The van der Waals surface area contributed by atoms with Gasteiger partial charge >= 0.3 is 0 Å². The number of ether oxygens (including phenoxy) is 2. The standard InChI is InChI=1S/C14H22O3/c1-12-3-4-13(2)14(11-12)5-7-16-9-10-17-8-6-15/h3-4,11,15H,5-10H2,1-2H3. The number of hydrogen-bond acceptors (Lipinski definition) is 3. The van der Waals surface area contributed by atoms with Gasteiger partial charge in [-0.25, -0.2) is 0 Å². The van der Waals surface area contributed by atoms with E-state index >= 15 is 0 Å². The molecule has 1 rings (SSSR count). The highest BCUT2D eigenvalue weighted by Crippen LogP contribution is 2.11. The second kappa shape index (κ2) is 8.23. The van der Waals surface area contributed by atoms with Gasteiger partial charge in [-0.2, -0.15) is 0 Å². The zero-order valence-electron chi connectivity index (χ0n) is 10.7. The SMILES string of the molecule is Cc1ccc(C)c(CCOCCOCCO)c1. The Balaban J connectivity index is 2.15. The molecule has 0 fully saturated rings. The van der Waals surface area contributed by atoms with E-state index in [9.17, 15) is 0 Å². The Labute approximate surface area is 103 Å². The Hall–Kier alpha value is -0.900. The Kier molecular flexibility index (Phi) is 6.86. The first-order valence-electron chi connectivity index (χ1n) is 6.06. The number of benzene rings is 1. The second-order valence-electron chi connectivity index (χ2n) is 4.13. The van der Waals surface area contributed by atoms with Crippen LogP contribution in [-0.4, -0.2) is 38.1 Å². The summed E-state index contributed by atoms with van der Waals surface area (Å²) < 4.78 is 10.6. The van der Waals surface area contributed by atoms with Crippen LogP contribution >= 0.6 is 0 Å². The molecule has 17 heavy (non-hydrogen) atoms. The molecule has 0 amide bonds. The van der Waals surface area contributed by atoms with Crippen LogP contribution < -0.4 is 0 Å². The van der Waals surface area contributed by atoms with Crippen molar-refractivity contribution in [2.75, 3.05) is 33.0 Å². The maximum absolute atomic E-state index is 8.51. The van der Waals surface area contributed by atoms with Crippen molar-refractivity contribution in [3.05, 3.63) is 34.9 Å². The molecule has 0 spiro atoms. The van der Waals surface area contributed by atoms with E-state index in [2.05, 4.69) is 32.0 Å². The van der Waals surface area contributed by atoms with Gasteiger partial charge in [0.05, 0.1) is 33.0 Å². The molecule has 1 aromatic carbocycles. The summed E-state index contributed by atoms with van der Waals surface area (Å²) in [5.41, 5.74) is 3.95. The molecule has 3 heteroatoms. The van der Waals surface area contributed by atoms with Gasteiger partial charge in [0.2, 0.25) is 0 Å². The third-order valence-corrected chi connectivity index (χ3v) is 2.63. The number of rotatable bonds is 8. The lowest BCUT2D eigenvalue weighted by molar-refractivity contribution is 0.0340. The summed E-state index contributed by atoms with van der Waals surface area (Å²) in [5, 5.41) is 8.51. The van der Waals surface area contributed by atoms with Crippen molar-refractivity contribution < 1.29 is 14.6 Å². The fourth-order valence-electron chi connectivity index (χ4n) is 1.64. The van der Waals surface area contributed by atoms with Crippen molar-refractivity contribution in [3.8, 4) is 0 Å². The molecule has 1 N–H and O–H groups in total. The smallest absolute Gasteiger partial charge is 0.0701 e. The van der Waals surface area contributed by atoms with Crippen molar-refractivity contribution >= 4 is 0 Å². The molecule has 0 atom stereocenters. The number of aryl methyl sites for hydroxylation is 2. The molecule has 0 saturated heterocycles. The van der Waals surface area contributed by atoms with E-state index in [1.165, 1.54) is 16.7 Å². The van der Waals surface area contributed by atoms with E-state index in [4.69, 9.17) is 14.6 Å². The van der Waals surface area contributed by atoms with E-state index in [-0.39, 0.29) is 6.61 Å². The maximum atomic E-state index is 8.51. The number of aliphatic hydroxyl groups excluding tert-OH is 1. The molecule has 0 unspecified atom stereocenters. The Morgan fingerprint density at radius 1 is 1.00 bits per heavy atom. The quantitative estimate of drug-likeness (QED) is 0.703. The molecule has 96 valence electrons. The minimum Gasteiger partial charge on any atom is -0.394 e. The highest BCUT2D eigenvalue weighted by atomic mass is 16.5. The van der Waals surface area contributed by atoms with E-state index in [0.29, 0.717) is 26.4 Å². The molecule has 0 saturated carbocycles. The van der Waals surface area contributed by atoms with E-state index < -0.39 is 0 Å².